The minimum atomic E-state index is 0.0368. The Morgan fingerprint density at radius 1 is 1.27 bits per heavy atom. The van der Waals surface area contributed by atoms with Gasteiger partial charge in [0.2, 0.25) is 5.13 Å². The smallest absolute Gasteiger partial charge is 0.207 e. The highest BCUT2D eigenvalue weighted by molar-refractivity contribution is 7.17. The van der Waals surface area contributed by atoms with Crippen LogP contribution in [0.1, 0.15) is 45.2 Å². The van der Waals surface area contributed by atoms with E-state index in [0.717, 1.165) is 33.4 Å². The molecule has 0 saturated carbocycles. The molecule has 1 aliphatic heterocycles. The first kappa shape index (κ1) is 17.4. The van der Waals surface area contributed by atoms with Gasteiger partial charge in [-0.2, -0.15) is 5.10 Å². The van der Waals surface area contributed by atoms with Crippen molar-refractivity contribution >= 4 is 50.9 Å². The molecule has 3 aromatic rings. The first-order valence-electron chi connectivity index (χ1n) is 8.17. The zero-order valence-electron chi connectivity index (χ0n) is 14.3. The number of aryl methyl sites for hydroxylation is 1. The van der Waals surface area contributed by atoms with Gasteiger partial charge in [-0.25, -0.2) is 9.99 Å². The number of hydrogen-bond acceptors (Lipinski definition) is 6. The van der Waals surface area contributed by atoms with Gasteiger partial charge in [0, 0.05) is 18.4 Å². The Morgan fingerprint density at radius 3 is 2.65 bits per heavy atom. The Bertz CT molecular complexity index is 977. The number of thiophene rings is 1. The predicted octanol–water partition coefficient (Wildman–Crippen LogP) is 5.72. The molecule has 0 spiro atoms. The van der Waals surface area contributed by atoms with Gasteiger partial charge >= 0.3 is 0 Å². The van der Waals surface area contributed by atoms with E-state index >= 15 is 0 Å². The molecule has 0 N–H and O–H groups in total. The molecule has 1 aromatic carbocycles. The number of hydrazone groups is 1. The van der Waals surface area contributed by atoms with Crippen molar-refractivity contribution in [3.63, 3.8) is 0 Å². The van der Waals surface area contributed by atoms with Crippen molar-refractivity contribution in [2.45, 2.75) is 26.3 Å². The molecule has 2 aromatic heterocycles. The maximum absolute atomic E-state index is 11.8. The van der Waals surface area contributed by atoms with E-state index in [0.29, 0.717) is 9.90 Å². The van der Waals surface area contributed by atoms with E-state index in [2.05, 4.69) is 16.4 Å². The van der Waals surface area contributed by atoms with Crippen LogP contribution in [-0.2, 0) is 0 Å². The number of benzene rings is 1. The summed E-state index contributed by atoms with van der Waals surface area (Å²) in [7, 11) is 0. The third kappa shape index (κ3) is 3.20. The standard InChI is InChI=1S/C19H16ClN3OS2/c1-11-18(12(2)24)26-19(21-11)23-16(13-5-7-14(20)8-6-13)10-15(22-23)17-4-3-9-25-17/h3-9,16H,10H2,1-2H3. The lowest BCUT2D eigenvalue weighted by molar-refractivity contribution is 0.102. The number of carbonyl (C=O) groups is 1. The number of nitrogens with zero attached hydrogens (tertiary/aromatic N) is 3. The van der Waals surface area contributed by atoms with Gasteiger partial charge in [0.25, 0.3) is 0 Å². The fraction of sp³-hybridized carbons (Fsp3) is 0.211. The van der Waals surface area contributed by atoms with E-state index in [-0.39, 0.29) is 11.8 Å². The van der Waals surface area contributed by atoms with Crippen molar-refractivity contribution in [2.75, 3.05) is 5.01 Å². The van der Waals surface area contributed by atoms with Crippen molar-refractivity contribution < 1.29 is 4.79 Å². The number of thiazole rings is 1. The van der Waals surface area contributed by atoms with E-state index in [1.54, 1.807) is 18.3 Å². The lowest BCUT2D eigenvalue weighted by Crippen LogP contribution is -2.18. The first-order chi connectivity index (χ1) is 12.5. The molecule has 1 unspecified atom stereocenters. The zero-order chi connectivity index (χ0) is 18.3. The summed E-state index contributed by atoms with van der Waals surface area (Å²) < 4.78 is 0. The molecule has 0 bridgehead atoms. The number of rotatable bonds is 4. The van der Waals surface area contributed by atoms with Crippen LogP contribution in [-0.4, -0.2) is 16.5 Å². The number of anilines is 1. The van der Waals surface area contributed by atoms with Gasteiger partial charge in [-0.3, -0.25) is 4.79 Å². The van der Waals surface area contributed by atoms with Crippen LogP contribution in [0.25, 0.3) is 0 Å². The van der Waals surface area contributed by atoms with Crippen molar-refractivity contribution in [3.8, 4) is 0 Å². The second-order valence-electron chi connectivity index (χ2n) is 6.11. The molecule has 1 atom stereocenters. The highest BCUT2D eigenvalue weighted by Crippen LogP contribution is 2.40. The first-order valence-corrected chi connectivity index (χ1v) is 10.2. The monoisotopic (exact) mass is 401 g/mol. The summed E-state index contributed by atoms with van der Waals surface area (Å²) in [5.41, 5.74) is 2.92. The number of hydrogen-bond donors (Lipinski definition) is 0. The SMILES string of the molecule is CC(=O)c1sc(N2N=C(c3cccs3)CC2c2ccc(Cl)cc2)nc1C. The molecule has 0 saturated heterocycles. The van der Waals surface area contributed by atoms with E-state index in [9.17, 15) is 4.79 Å². The topological polar surface area (TPSA) is 45.6 Å². The molecule has 132 valence electrons. The van der Waals surface area contributed by atoms with Crippen LogP contribution in [0.2, 0.25) is 5.02 Å². The van der Waals surface area contributed by atoms with Gasteiger partial charge < -0.3 is 0 Å². The van der Waals surface area contributed by atoms with Crippen LogP contribution in [0.15, 0.2) is 46.9 Å². The van der Waals surface area contributed by atoms with E-state index in [1.807, 2.05) is 42.3 Å². The Labute approximate surface area is 164 Å². The van der Waals surface area contributed by atoms with Crippen LogP contribution in [0.3, 0.4) is 0 Å². The summed E-state index contributed by atoms with van der Waals surface area (Å²) in [6.45, 7) is 3.44. The molecule has 4 rings (SSSR count). The van der Waals surface area contributed by atoms with Crippen LogP contribution in [0.5, 0.6) is 0 Å². The Hall–Kier alpha value is -2.02. The highest BCUT2D eigenvalue weighted by Gasteiger charge is 2.32. The molecule has 26 heavy (non-hydrogen) atoms. The van der Waals surface area contributed by atoms with Gasteiger partial charge in [0.1, 0.15) is 0 Å². The fourth-order valence-electron chi connectivity index (χ4n) is 3.03. The average Bonchev–Trinajstić information content (AvgIpc) is 3.34. The van der Waals surface area contributed by atoms with Crippen LogP contribution >= 0.6 is 34.3 Å². The lowest BCUT2D eigenvalue weighted by Gasteiger charge is -2.21. The second-order valence-corrected chi connectivity index (χ2v) is 8.47. The summed E-state index contributed by atoms with van der Waals surface area (Å²) in [6, 6.07) is 12.0. The molecule has 4 nitrogen and oxygen atoms in total. The van der Waals surface area contributed by atoms with Crippen molar-refractivity contribution in [2.24, 2.45) is 5.10 Å². The molecule has 0 fully saturated rings. The van der Waals surface area contributed by atoms with E-state index in [1.165, 1.54) is 11.3 Å². The third-order valence-electron chi connectivity index (χ3n) is 4.27. The Morgan fingerprint density at radius 2 is 2.04 bits per heavy atom. The molecule has 0 radical (unpaired) electrons. The Kier molecular flexibility index (Phi) is 4.65. The van der Waals surface area contributed by atoms with Gasteiger partial charge in [0.15, 0.2) is 5.78 Å². The zero-order valence-corrected chi connectivity index (χ0v) is 16.7. The maximum Gasteiger partial charge on any atom is 0.207 e. The molecule has 1 aliphatic rings. The van der Waals surface area contributed by atoms with Gasteiger partial charge in [-0.1, -0.05) is 41.1 Å². The van der Waals surface area contributed by atoms with Gasteiger partial charge in [-0.05, 0) is 36.1 Å². The largest absolute Gasteiger partial charge is 0.294 e. The van der Waals surface area contributed by atoms with Gasteiger partial charge in [0.05, 0.1) is 27.2 Å². The van der Waals surface area contributed by atoms with Crippen LogP contribution in [0.4, 0.5) is 5.13 Å². The van der Waals surface area contributed by atoms with Crippen LogP contribution in [0, 0.1) is 6.92 Å². The summed E-state index contributed by atoms with van der Waals surface area (Å²) in [5, 5.41) is 10.3. The van der Waals surface area contributed by atoms with Crippen molar-refractivity contribution in [3.05, 3.63) is 67.8 Å². The number of halogens is 1. The second kappa shape index (κ2) is 6.95. The quantitative estimate of drug-likeness (QED) is 0.525. The summed E-state index contributed by atoms with van der Waals surface area (Å²) in [4.78, 5) is 18.3. The fourth-order valence-corrected chi connectivity index (χ4v) is 4.84. The minimum Gasteiger partial charge on any atom is -0.294 e. The molecular formula is C19H16ClN3OS2. The number of Topliss-reactive ketones (excluding diaryl/α,β-unsaturated/α-hetero) is 1. The molecule has 3 heterocycles. The molecular weight excluding hydrogens is 386 g/mol. The van der Waals surface area contributed by atoms with E-state index in [4.69, 9.17) is 16.7 Å². The Balaban J connectivity index is 1.77. The predicted molar refractivity (Wildman–Crippen MR) is 109 cm³/mol. The van der Waals surface area contributed by atoms with E-state index < -0.39 is 0 Å². The van der Waals surface area contributed by atoms with Crippen molar-refractivity contribution in [1.29, 1.82) is 0 Å². The number of aromatic nitrogens is 1. The normalized spacial score (nSPS) is 16.8. The molecule has 0 aliphatic carbocycles. The average molecular weight is 402 g/mol. The summed E-state index contributed by atoms with van der Waals surface area (Å²) in [5.74, 6) is 0.0379. The maximum atomic E-state index is 11.8. The summed E-state index contributed by atoms with van der Waals surface area (Å²) >= 11 is 9.13. The van der Waals surface area contributed by atoms with Crippen molar-refractivity contribution in [1.82, 2.24) is 4.98 Å². The minimum absolute atomic E-state index is 0.0368. The molecule has 0 amide bonds. The summed E-state index contributed by atoms with van der Waals surface area (Å²) in [6.07, 6.45) is 0.788. The third-order valence-corrected chi connectivity index (χ3v) is 6.69. The highest BCUT2D eigenvalue weighted by atomic mass is 35.5. The van der Waals surface area contributed by atoms with Gasteiger partial charge in [-0.15, -0.1) is 11.3 Å². The molecule has 7 heteroatoms. The number of carbonyl (C=O) groups excluding carboxylic acids is 1. The number of ketones is 1. The lowest BCUT2D eigenvalue weighted by atomic mass is 10.0. The van der Waals surface area contributed by atoms with Crippen LogP contribution < -0.4 is 5.01 Å².